The smallest absolute Gasteiger partial charge is 0.227 e. The van der Waals surface area contributed by atoms with E-state index < -0.39 is 0 Å². The normalized spacial score (nSPS) is 12.6. The lowest BCUT2D eigenvalue weighted by molar-refractivity contribution is 0.370. The van der Waals surface area contributed by atoms with E-state index in [4.69, 9.17) is 4.52 Å². The summed E-state index contributed by atoms with van der Waals surface area (Å²) < 4.78 is 5.04. The fourth-order valence-corrected chi connectivity index (χ4v) is 1.61. The average molecular weight is 232 g/mol. The van der Waals surface area contributed by atoms with Gasteiger partial charge in [-0.15, -0.1) is 0 Å². The van der Waals surface area contributed by atoms with E-state index in [9.17, 15) is 0 Å². The molecule has 0 aliphatic carbocycles. The SMILES string of the molecule is Cc1noc(CCNC(C)c2ccncc2)n1. The van der Waals surface area contributed by atoms with Gasteiger partial charge in [-0.3, -0.25) is 4.98 Å². The van der Waals surface area contributed by atoms with Gasteiger partial charge in [0, 0.05) is 31.4 Å². The van der Waals surface area contributed by atoms with E-state index >= 15 is 0 Å². The van der Waals surface area contributed by atoms with Crippen molar-refractivity contribution in [2.24, 2.45) is 0 Å². The quantitative estimate of drug-likeness (QED) is 0.849. The molecule has 0 fully saturated rings. The van der Waals surface area contributed by atoms with Gasteiger partial charge in [0.15, 0.2) is 5.82 Å². The van der Waals surface area contributed by atoms with Crippen molar-refractivity contribution in [1.82, 2.24) is 20.4 Å². The first-order valence-electron chi connectivity index (χ1n) is 5.68. The molecule has 0 amide bonds. The number of rotatable bonds is 5. The minimum atomic E-state index is 0.294. The highest BCUT2D eigenvalue weighted by Gasteiger charge is 2.06. The van der Waals surface area contributed by atoms with Gasteiger partial charge >= 0.3 is 0 Å². The van der Waals surface area contributed by atoms with Crippen LogP contribution in [0.4, 0.5) is 0 Å². The second kappa shape index (κ2) is 5.54. The highest BCUT2D eigenvalue weighted by Crippen LogP contribution is 2.09. The third-order valence-corrected chi connectivity index (χ3v) is 2.57. The Hall–Kier alpha value is -1.75. The number of nitrogens with one attached hydrogen (secondary N) is 1. The molecule has 1 atom stereocenters. The van der Waals surface area contributed by atoms with Gasteiger partial charge < -0.3 is 9.84 Å². The van der Waals surface area contributed by atoms with Crippen molar-refractivity contribution >= 4 is 0 Å². The Kier molecular flexibility index (Phi) is 3.82. The van der Waals surface area contributed by atoms with Crippen molar-refractivity contribution < 1.29 is 4.52 Å². The molecule has 0 bridgehead atoms. The van der Waals surface area contributed by atoms with Crippen LogP contribution >= 0.6 is 0 Å². The molecule has 90 valence electrons. The van der Waals surface area contributed by atoms with Crippen LogP contribution in [0.5, 0.6) is 0 Å². The first kappa shape index (κ1) is 11.7. The lowest BCUT2D eigenvalue weighted by Gasteiger charge is -2.12. The Balaban J connectivity index is 1.79. The Morgan fingerprint density at radius 1 is 1.35 bits per heavy atom. The maximum Gasteiger partial charge on any atom is 0.227 e. The molecule has 2 rings (SSSR count). The fraction of sp³-hybridized carbons (Fsp3) is 0.417. The van der Waals surface area contributed by atoms with E-state index in [1.165, 1.54) is 5.56 Å². The summed E-state index contributed by atoms with van der Waals surface area (Å²) in [7, 11) is 0. The topological polar surface area (TPSA) is 63.8 Å². The van der Waals surface area contributed by atoms with Gasteiger partial charge in [-0.25, -0.2) is 0 Å². The van der Waals surface area contributed by atoms with Crippen molar-refractivity contribution in [3.8, 4) is 0 Å². The summed E-state index contributed by atoms with van der Waals surface area (Å²) in [6, 6.07) is 4.31. The Morgan fingerprint density at radius 3 is 2.76 bits per heavy atom. The molecule has 1 unspecified atom stereocenters. The summed E-state index contributed by atoms with van der Waals surface area (Å²) >= 11 is 0. The number of aromatic nitrogens is 3. The summed E-state index contributed by atoms with van der Waals surface area (Å²) in [5.41, 5.74) is 1.22. The second-order valence-electron chi connectivity index (χ2n) is 3.94. The molecule has 0 saturated heterocycles. The van der Waals surface area contributed by atoms with Crippen molar-refractivity contribution in [3.63, 3.8) is 0 Å². The van der Waals surface area contributed by atoms with Gasteiger partial charge in [0.05, 0.1) is 0 Å². The molecular formula is C12H16N4O. The monoisotopic (exact) mass is 232 g/mol. The standard InChI is InChI=1S/C12H16N4O/c1-9(11-3-6-13-7-4-11)14-8-5-12-15-10(2)16-17-12/h3-4,6-7,9,14H,5,8H2,1-2H3. The molecule has 0 aliphatic rings. The molecule has 5 heteroatoms. The molecular weight excluding hydrogens is 216 g/mol. The van der Waals surface area contributed by atoms with Gasteiger partial charge in [0.1, 0.15) is 0 Å². The number of aryl methyl sites for hydroxylation is 1. The highest BCUT2D eigenvalue weighted by atomic mass is 16.5. The number of hydrogen-bond donors (Lipinski definition) is 1. The Labute approximate surface area is 100 Å². The van der Waals surface area contributed by atoms with Gasteiger partial charge in [-0.1, -0.05) is 5.16 Å². The van der Waals surface area contributed by atoms with E-state index in [1.807, 2.05) is 19.1 Å². The van der Waals surface area contributed by atoms with E-state index in [0.717, 1.165) is 13.0 Å². The lowest BCUT2D eigenvalue weighted by atomic mass is 10.1. The Morgan fingerprint density at radius 2 is 2.12 bits per heavy atom. The van der Waals surface area contributed by atoms with Crippen molar-refractivity contribution in [3.05, 3.63) is 41.8 Å². The molecule has 2 heterocycles. The zero-order chi connectivity index (χ0) is 12.1. The summed E-state index contributed by atoms with van der Waals surface area (Å²) in [6.45, 7) is 4.75. The molecule has 17 heavy (non-hydrogen) atoms. The molecule has 0 aliphatic heterocycles. The summed E-state index contributed by atoms with van der Waals surface area (Å²) in [6.07, 6.45) is 4.35. The minimum absolute atomic E-state index is 0.294. The molecule has 0 saturated carbocycles. The molecule has 0 aromatic carbocycles. The van der Waals surface area contributed by atoms with Crippen LogP contribution < -0.4 is 5.32 Å². The predicted octanol–water partition coefficient (Wildman–Crippen LogP) is 1.67. The molecule has 0 radical (unpaired) electrons. The zero-order valence-corrected chi connectivity index (χ0v) is 10.1. The van der Waals surface area contributed by atoms with Crippen molar-refractivity contribution in [1.29, 1.82) is 0 Å². The van der Waals surface area contributed by atoms with E-state index in [-0.39, 0.29) is 0 Å². The first-order chi connectivity index (χ1) is 8.25. The zero-order valence-electron chi connectivity index (χ0n) is 10.1. The highest BCUT2D eigenvalue weighted by molar-refractivity contribution is 5.13. The predicted molar refractivity (Wildman–Crippen MR) is 63.4 cm³/mol. The fourth-order valence-electron chi connectivity index (χ4n) is 1.61. The molecule has 0 spiro atoms. The average Bonchev–Trinajstić information content (AvgIpc) is 2.76. The van der Waals surface area contributed by atoms with Gasteiger partial charge in [0.2, 0.25) is 5.89 Å². The van der Waals surface area contributed by atoms with Crippen LogP contribution in [-0.2, 0) is 6.42 Å². The number of nitrogens with zero attached hydrogens (tertiary/aromatic N) is 3. The molecule has 2 aromatic heterocycles. The van der Waals surface area contributed by atoms with Gasteiger partial charge in [-0.05, 0) is 31.5 Å². The molecule has 1 N–H and O–H groups in total. The summed E-state index contributed by atoms with van der Waals surface area (Å²) in [4.78, 5) is 8.15. The van der Waals surface area contributed by atoms with Crippen LogP contribution in [0, 0.1) is 6.92 Å². The van der Waals surface area contributed by atoms with E-state index in [1.54, 1.807) is 12.4 Å². The van der Waals surface area contributed by atoms with Crippen molar-refractivity contribution in [2.45, 2.75) is 26.3 Å². The van der Waals surface area contributed by atoms with Gasteiger partial charge in [-0.2, -0.15) is 4.98 Å². The Bertz CT molecular complexity index is 455. The van der Waals surface area contributed by atoms with Gasteiger partial charge in [0.25, 0.3) is 0 Å². The van der Waals surface area contributed by atoms with Crippen LogP contribution in [0.3, 0.4) is 0 Å². The summed E-state index contributed by atoms with van der Waals surface area (Å²) in [5, 5.41) is 7.15. The van der Waals surface area contributed by atoms with Crippen LogP contribution in [0.15, 0.2) is 29.0 Å². The number of pyridine rings is 1. The first-order valence-corrected chi connectivity index (χ1v) is 5.68. The maximum atomic E-state index is 5.04. The van der Waals surface area contributed by atoms with E-state index in [2.05, 4.69) is 27.4 Å². The lowest BCUT2D eigenvalue weighted by Crippen LogP contribution is -2.21. The van der Waals surface area contributed by atoms with Crippen LogP contribution in [-0.4, -0.2) is 21.7 Å². The van der Waals surface area contributed by atoms with Crippen LogP contribution in [0.25, 0.3) is 0 Å². The van der Waals surface area contributed by atoms with Crippen LogP contribution in [0.2, 0.25) is 0 Å². The third kappa shape index (κ3) is 3.35. The van der Waals surface area contributed by atoms with Crippen LogP contribution in [0.1, 0.15) is 30.2 Å². The third-order valence-electron chi connectivity index (χ3n) is 2.57. The molecule has 2 aromatic rings. The largest absolute Gasteiger partial charge is 0.339 e. The van der Waals surface area contributed by atoms with Crippen molar-refractivity contribution in [2.75, 3.05) is 6.54 Å². The second-order valence-corrected chi connectivity index (χ2v) is 3.94. The maximum absolute atomic E-state index is 5.04. The number of hydrogen-bond acceptors (Lipinski definition) is 5. The van der Waals surface area contributed by atoms with E-state index in [0.29, 0.717) is 17.8 Å². The summed E-state index contributed by atoms with van der Waals surface area (Å²) in [5.74, 6) is 1.36. The molecule has 5 nitrogen and oxygen atoms in total. The minimum Gasteiger partial charge on any atom is -0.339 e.